The zero-order chi connectivity index (χ0) is 13.6. The van der Waals surface area contributed by atoms with Gasteiger partial charge >= 0.3 is 0 Å². The molecule has 0 saturated heterocycles. The Morgan fingerprint density at radius 2 is 1.94 bits per heavy atom. The van der Waals surface area contributed by atoms with Crippen molar-refractivity contribution in [1.82, 2.24) is 9.62 Å². The largest absolute Gasteiger partial charge is 0.398 e. The SMILES string of the molecule is CN(C)CCCNS(=O)(=O)Cc1ccccc1N. The molecule has 1 rings (SSSR count). The molecule has 0 aromatic heterocycles. The summed E-state index contributed by atoms with van der Waals surface area (Å²) in [6, 6.07) is 7.01. The van der Waals surface area contributed by atoms with Gasteiger partial charge in [-0.3, -0.25) is 0 Å². The average Bonchev–Trinajstić information content (AvgIpc) is 2.27. The van der Waals surface area contributed by atoms with Gasteiger partial charge in [-0.1, -0.05) is 18.2 Å². The number of sulfonamides is 1. The predicted molar refractivity (Wildman–Crippen MR) is 74.7 cm³/mol. The average molecular weight is 271 g/mol. The number of benzene rings is 1. The number of rotatable bonds is 7. The van der Waals surface area contributed by atoms with E-state index in [1.807, 2.05) is 19.0 Å². The molecule has 0 fully saturated rings. The molecule has 0 atom stereocenters. The summed E-state index contributed by atoms with van der Waals surface area (Å²) in [4.78, 5) is 2.02. The van der Waals surface area contributed by atoms with E-state index >= 15 is 0 Å². The minimum absolute atomic E-state index is 0.0678. The van der Waals surface area contributed by atoms with Crippen molar-refractivity contribution in [2.45, 2.75) is 12.2 Å². The van der Waals surface area contributed by atoms with Gasteiger partial charge in [-0.2, -0.15) is 0 Å². The Bertz CT molecular complexity index is 472. The smallest absolute Gasteiger partial charge is 0.215 e. The minimum Gasteiger partial charge on any atom is -0.398 e. The highest BCUT2D eigenvalue weighted by atomic mass is 32.2. The van der Waals surface area contributed by atoms with Gasteiger partial charge in [-0.15, -0.1) is 0 Å². The van der Waals surface area contributed by atoms with Crippen LogP contribution in [0.25, 0.3) is 0 Å². The Morgan fingerprint density at radius 1 is 1.28 bits per heavy atom. The molecule has 0 aliphatic rings. The Morgan fingerprint density at radius 3 is 2.56 bits per heavy atom. The van der Waals surface area contributed by atoms with Crippen LogP contribution >= 0.6 is 0 Å². The lowest BCUT2D eigenvalue weighted by atomic mass is 10.2. The molecule has 0 saturated carbocycles. The van der Waals surface area contributed by atoms with Gasteiger partial charge in [0.05, 0.1) is 5.75 Å². The summed E-state index contributed by atoms with van der Waals surface area (Å²) in [5, 5.41) is 0. The lowest BCUT2D eigenvalue weighted by Crippen LogP contribution is -2.28. The maximum Gasteiger partial charge on any atom is 0.215 e. The molecule has 5 nitrogen and oxygen atoms in total. The van der Waals surface area contributed by atoms with Crippen LogP contribution in [0.15, 0.2) is 24.3 Å². The fraction of sp³-hybridized carbons (Fsp3) is 0.500. The summed E-state index contributed by atoms with van der Waals surface area (Å²) in [5.74, 6) is -0.0678. The van der Waals surface area contributed by atoms with Crippen molar-refractivity contribution >= 4 is 15.7 Å². The number of hydrogen-bond donors (Lipinski definition) is 2. The van der Waals surface area contributed by atoms with Crippen LogP contribution in [0.4, 0.5) is 5.69 Å². The first-order valence-corrected chi connectivity index (χ1v) is 7.51. The molecular formula is C12H21N3O2S. The number of nitrogens with zero attached hydrogens (tertiary/aromatic N) is 1. The van der Waals surface area contributed by atoms with Crippen molar-refractivity contribution in [1.29, 1.82) is 0 Å². The molecule has 1 aromatic rings. The van der Waals surface area contributed by atoms with Crippen LogP contribution in [-0.4, -0.2) is 40.5 Å². The van der Waals surface area contributed by atoms with Crippen LogP contribution < -0.4 is 10.5 Å². The fourth-order valence-electron chi connectivity index (χ4n) is 1.54. The van der Waals surface area contributed by atoms with E-state index in [1.165, 1.54) is 0 Å². The second kappa shape index (κ2) is 6.72. The van der Waals surface area contributed by atoms with Gasteiger partial charge in [-0.05, 0) is 38.7 Å². The van der Waals surface area contributed by atoms with Crippen LogP contribution in [-0.2, 0) is 15.8 Å². The van der Waals surface area contributed by atoms with Crippen LogP contribution in [0.2, 0.25) is 0 Å². The molecule has 0 spiro atoms. The fourth-order valence-corrected chi connectivity index (χ4v) is 2.77. The van der Waals surface area contributed by atoms with E-state index in [0.717, 1.165) is 13.0 Å². The zero-order valence-corrected chi connectivity index (χ0v) is 11.7. The third kappa shape index (κ3) is 5.48. The number of nitrogens with one attached hydrogen (secondary N) is 1. The number of hydrogen-bond acceptors (Lipinski definition) is 4. The van der Waals surface area contributed by atoms with Crippen LogP contribution in [0.5, 0.6) is 0 Å². The minimum atomic E-state index is -3.30. The highest BCUT2D eigenvalue weighted by Crippen LogP contribution is 2.13. The van der Waals surface area contributed by atoms with Crippen LogP contribution in [0.3, 0.4) is 0 Å². The summed E-state index contributed by atoms with van der Waals surface area (Å²) in [7, 11) is 0.611. The molecular weight excluding hydrogens is 250 g/mol. The first-order valence-electron chi connectivity index (χ1n) is 5.86. The second-order valence-electron chi connectivity index (χ2n) is 4.51. The van der Waals surface area contributed by atoms with E-state index < -0.39 is 10.0 Å². The van der Waals surface area contributed by atoms with E-state index in [9.17, 15) is 8.42 Å². The van der Waals surface area contributed by atoms with E-state index in [1.54, 1.807) is 24.3 Å². The van der Waals surface area contributed by atoms with E-state index in [4.69, 9.17) is 5.73 Å². The third-order valence-electron chi connectivity index (χ3n) is 2.50. The summed E-state index contributed by atoms with van der Waals surface area (Å²) in [6.07, 6.45) is 0.788. The molecule has 0 bridgehead atoms. The molecule has 0 unspecified atom stereocenters. The van der Waals surface area contributed by atoms with Crippen molar-refractivity contribution < 1.29 is 8.42 Å². The molecule has 0 amide bonds. The standard InChI is InChI=1S/C12H21N3O2S/c1-15(2)9-5-8-14-18(16,17)10-11-6-3-4-7-12(11)13/h3-4,6-7,14H,5,8-10,13H2,1-2H3. The molecule has 0 radical (unpaired) electrons. The summed E-state index contributed by atoms with van der Waals surface area (Å²) < 4.78 is 26.2. The molecule has 102 valence electrons. The van der Waals surface area contributed by atoms with Crippen LogP contribution in [0.1, 0.15) is 12.0 Å². The van der Waals surface area contributed by atoms with Gasteiger partial charge in [0, 0.05) is 12.2 Å². The normalized spacial score (nSPS) is 11.9. The first-order chi connectivity index (χ1) is 8.41. The maximum absolute atomic E-state index is 11.8. The van der Waals surface area contributed by atoms with Crippen LogP contribution in [0, 0.1) is 0 Å². The Balaban J connectivity index is 2.48. The van der Waals surface area contributed by atoms with E-state index in [2.05, 4.69) is 4.72 Å². The third-order valence-corrected chi connectivity index (χ3v) is 3.84. The van der Waals surface area contributed by atoms with Gasteiger partial charge in [0.1, 0.15) is 0 Å². The van der Waals surface area contributed by atoms with Crippen molar-refractivity contribution in [3.63, 3.8) is 0 Å². The molecule has 0 aliphatic heterocycles. The molecule has 3 N–H and O–H groups in total. The van der Waals surface area contributed by atoms with Crippen molar-refractivity contribution in [3.05, 3.63) is 29.8 Å². The molecule has 6 heteroatoms. The van der Waals surface area contributed by atoms with E-state index in [0.29, 0.717) is 17.8 Å². The summed E-state index contributed by atoms with van der Waals surface area (Å²) in [5.41, 5.74) is 6.87. The van der Waals surface area contributed by atoms with Crippen molar-refractivity contribution in [2.24, 2.45) is 0 Å². The molecule has 0 heterocycles. The quantitative estimate of drug-likeness (QED) is 0.564. The lowest BCUT2D eigenvalue weighted by molar-refractivity contribution is 0.400. The summed E-state index contributed by atoms with van der Waals surface area (Å²) in [6.45, 7) is 1.31. The monoisotopic (exact) mass is 271 g/mol. The number of anilines is 1. The van der Waals surface area contributed by atoms with Gasteiger partial charge in [0.25, 0.3) is 0 Å². The zero-order valence-electron chi connectivity index (χ0n) is 10.9. The Labute approximate surface area is 109 Å². The second-order valence-corrected chi connectivity index (χ2v) is 6.32. The highest BCUT2D eigenvalue weighted by molar-refractivity contribution is 7.88. The number of nitrogens with two attached hydrogens (primary N) is 1. The van der Waals surface area contributed by atoms with Crippen molar-refractivity contribution in [2.75, 3.05) is 32.9 Å². The van der Waals surface area contributed by atoms with E-state index in [-0.39, 0.29) is 5.75 Å². The number of nitrogen functional groups attached to an aromatic ring is 1. The predicted octanol–water partition coefficient (Wildman–Crippen LogP) is 0.640. The van der Waals surface area contributed by atoms with Gasteiger partial charge < -0.3 is 10.6 Å². The van der Waals surface area contributed by atoms with Crippen molar-refractivity contribution in [3.8, 4) is 0 Å². The molecule has 0 aliphatic carbocycles. The first kappa shape index (κ1) is 14.9. The maximum atomic E-state index is 11.8. The lowest BCUT2D eigenvalue weighted by Gasteiger charge is -2.11. The molecule has 18 heavy (non-hydrogen) atoms. The Hall–Kier alpha value is -1.11. The van der Waals surface area contributed by atoms with Gasteiger partial charge in [0.15, 0.2) is 0 Å². The number of para-hydroxylation sites is 1. The van der Waals surface area contributed by atoms with Gasteiger partial charge in [0.2, 0.25) is 10.0 Å². The summed E-state index contributed by atoms with van der Waals surface area (Å²) >= 11 is 0. The topological polar surface area (TPSA) is 75.4 Å². The molecule has 1 aromatic carbocycles. The Kier molecular flexibility index (Phi) is 5.58. The van der Waals surface area contributed by atoms with Gasteiger partial charge in [-0.25, -0.2) is 13.1 Å². The highest BCUT2D eigenvalue weighted by Gasteiger charge is 2.12.